The van der Waals surface area contributed by atoms with Crippen LogP contribution in [0.5, 0.6) is 0 Å². The van der Waals surface area contributed by atoms with Gasteiger partial charge in [0, 0.05) is 39.9 Å². The number of rotatable bonds is 4. The van der Waals surface area contributed by atoms with Gasteiger partial charge >= 0.3 is 0 Å². The van der Waals surface area contributed by atoms with Gasteiger partial charge in [-0.05, 0) is 24.3 Å². The van der Waals surface area contributed by atoms with Gasteiger partial charge in [0.1, 0.15) is 0 Å². The zero-order chi connectivity index (χ0) is 14.4. The maximum Gasteiger partial charge on any atom is 0.244 e. The highest BCUT2D eigenvalue weighted by molar-refractivity contribution is 6.37. The van der Waals surface area contributed by atoms with Crippen LogP contribution in [0.1, 0.15) is 11.1 Å². The van der Waals surface area contributed by atoms with Crippen molar-refractivity contribution in [2.45, 2.75) is 6.54 Å². The fraction of sp³-hybridized carbons (Fsp3) is 0.0667. The molecule has 0 unspecified atom stereocenters. The van der Waals surface area contributed by atoms with Gasteiger partial charge in [0.2, 0.25) is 5.91 Å². The lowest BCUT2D eigenvalue weighted by atomic mass is 10.2. The molecule has 0 saturated carbocycles. The van der Waals surface area contributed by atoms with Gasteiger partial charge < -0.3 is 5.32 Å². The Morgan fingerprint density at radius 1 is 1.20 bits per heavy atom. The van der Waals surface area contributed by atoms with Crippen molar-refractivity contribution in [2.24, 2.45) is 0 Å². The normalized spacial score (nSPS) is 10.7. The molecule has 2 rings (SSSR count). The molecule has 0 radical (unpaired) electrons. The summed E-state index contributed by atoms with van der Waals surface area (Å²) >= 11 is 12.0. The van der Waals surface area contributed by atoms with Crippen LogP contribution in [-0.4, -0.2) is 5.91 Å². The molecule has 20 heavy (non-hydrogen) atoms. The van der Waals surface area contributed by atoms with Crippen LogP contribution in [0.2, 0.25) is 10.0 Å². The van der Waals surface area contributed by atoms with Crippen molar-refractivity contribution in [1.29, 1.82) is 0 Å². The number of hydrogen-bond donors (Lipinski definition) is 1. The van der Waals surface area contributed by atoms with Crippen LogP contribution in [0.15, 0.2) is 48.8 Å². The van der Waals surface area contributed by atoms with Crippen molar-refractivity contribution >= 4 is 35.2 Å². The fourth-order valence-corrected chi connectivity index (χ4v) is 2.14. The van der Waals surface area contributed by atoms with Gasteiger partial charge in [0.25, 0.3) is 0 Å². The second-order valence-corrected chi connectivity index (χ2v) is 4.91. The zero-order valence-corrected chi connectivity index (χ0v) is 12.1. The SMILES string of the molecule is O=C(C=Cc1c(Cl)cccc1Cl)NCc1ccc[nH+]c1. The number of H-pyrrole nitrogens is 1. The zero-order valence-electron chi connectivity index (χ0n) is 10.6. The first kappa shape index (κ1) is 14.6. The number of amides is 1. The predicted molar refractivity (Wildman–Crippen MR) is 80.3 cm³/mol. The molecule has 0 aliphatic carbocycles. The predicted octanol–water partition coefficient (Wildman–Crippen LogP) is 3.14. The second kappa shape index (κ2) is 7.08. The van der Waals surface area contributed by atoms with Crippen molar-refractivity contribution in [3.05, 3.63) is 70.0 Å². The number of nitrogens with one attached hydrogen (secondary N) is 2. The summed E-state index contributed by atoms with van der Waals surface area (Å²) in [6.45, 7) is 0.455. The lowest BCUT2D eigenvalue weighted by molar-refractivity contribution is -0.378. The molecular formula is C15H13Cl2N2O+. The van der Waals surface area contributed by atoms with E-state index in [9.17, 15) is 4.79 Å². The van der Waals surface area contributed by atoms with E-state index in [-0.39, 0.29) is 5.91 Å². The van der Waals surface area contributed by atoms with Gasteiger partial charge in [-0.1, -0.05) is 29.3 Å². The first-order valence-electron chi connectivity index (χ1n) is 6.02. The van der Waals surface area contributed by atoms with E-state index >= 15 is 0 Å². The molecule has 2 N–H and O–H groups in total. The third-order valence-corrected chi connectivity index (χ3v) is 3.30. The maximum atomic E-state index is 11.7. The van der Waals surface area contributed by atoms with Crippen LogP contribution in [0.25, 0.3) is 6.08 Å². The van der Waals surface area contributed by atoms with E-state index in [1.54, 1.807) is 24.3 Å². The Morgan fingerprint density at radius 2 is 1.95 bits per heavy atom. The Kier molecular flexibility index (Phi) is 5.16. The highest BCUT2D eigenvalue weighted by Gasteiger charge is 2.03. The Balaban J connectivity index is 1.96. The van der Waals surface area contributed by atoms with Crippen LogP contribution in [0, 0.1) is 0 Å². The molecule has 2 aromatic rings. The van der Waals surface area contributed by atoms with Crippen molar-refractivity contribution in [2.75, 3.05) is 0 Å². The number of benzene rings is 1. The summed E-state index contributed by atoms with van der Waals surface area (Å²) in [6.07, 6.45) is 6.66. The second-order valence-electron chi connectivity index (χ2n) is 4.10. The Bertz CT molecular complexity index is 607. The number of carbonyl (C=O) groups excluding carboxylic acids is 1. The number of aromatic amines is 1. The average molecular weight is 308 g/mol. The summed E-state index contributed by atoms with van der Waals surface area (Å²) in [5, 5.41) is 3.80. The number of carbonyl (C=O) groups is 1. The van der Waals surface area contributed by atoms with E-state index in [2.05, 4.69) is 10.3 Å². The molecule has 102 valence electrons. The van der Waals surface area contributed by atoms with E-state index in [0.29, 0.717) is 22.2 Å². The molecular weight excluding hydrogens is 295 g/mol. The molecule has 0 aliphatic rings. The number of aromatic nitrogens is 1. The molecule has 0 bridgehead atoms. The van der Waals surface area contributed by atoms with Crippen LogP contribution in [-0.2, 0) is 11.3 Å². The molecule has 0 saturated heterocycles. The molecule has 0 spiro atoms. The first-order valence-corrected chi connectivity index (χ1v) is 6.77. The molecule has 5 heteroatoms. The molecule has 1 aromatic carbocycles. The fourth-order valence-electron chi connectivity index (χ4n) is 1.62. The van der Waals surface area contributed by atoms with E-state index in [0.717, 1.165) is 5.56 Å². The minimum atomic E-state index is -0.204. The van der Waals surface area contributed by atoms with Gasteiger partial charge in [-0.25, -0.2) is 4.98 Å². The van der Waals surface area contributed by atoms with Crippen molar-refractivity contribution in [3.63, 3.8) is 0 Å². The lowest BCUT2D eigenvalue weighted by Gasteiger charge is -2.02. The van der Waals surface area contributed by atoms with Crippen molar-refractivity contribution in [3.8, 4) is 0 Å². The largest absolute Gasteiger partial charge is 0.348 e. The Morgan fingerprint density at radius 3 is 2.60 bits per heavy atom. The summed E-state index contributed by atoms with van der Waals surface area (Å²) in [5.41, 5.74) is 1.63. The van der Waals surface area contributed by atoms with E-state index in [4.69, 9.17) is 23.2 Å². The third kappa shape index (κ3) is 4.08. The van der Waals surface area contributed by atoms with E-state index in [1.165, 1.54) is 6.08 Å². The summed E-state index contributed by atoms with van der Waals surface area (Å²) in [5.74, 6) is -0.204. The molecule has 3 nitrogen and oxygen atoms in total. The first-order chi connectivity index (χ1) is 9.66. The van der Waals surface area contributed by atoms with Crippen LogP contribution in [0.3, 0.4) is 0 Å². The van der Waals surface area contributed by atoms with Crippen LogP contribution < -0.4 is 10.3 Å². The Labute approximate surface area is 127 Å². The topological polar surface area (TPSA) is 43.2 Å². The van der Waals surface area contributed by atoms with E-state index < -0.39 is 0 Å². The van der Waals surface area contributed by atoms with Gasteiger partial charge in [-0.15, -0.1) is 0 Å². The van der Waals surface area contributed by atoms with Crippen LogP contribution in [0.4, 0.5) is 0 Å². The van der Waals surface area contributed by atoms with Gasteiger partial charge in [-0.3, -0.25) is 4.79 Å². The minimum absolute atomic E-state index is 0.204. The monoisotopic (exact) mass is 307 g/mol. The summed E-state index contributed by atoms with van der Waals surface area (Å²) in [7, 11) is 0. The third-order valence-electron chi connectivity index (χ3n) is 2.64. The average Bonchev–Trinajstić information content (AvgIpc) is 2.46. The highest BCUT2D eigenvalue weighted by atomic mass is 35.5. The minimum Gasteiger partial charge on any atom is -0.348 e. The molecule has 1 aromatic heterocycles. The van der Waals surface area contributed by atoms with Crippen molar-refractivity contribution < 1.29 is 9.78 Å². The summed E-state index contributed by atoms with van der Waals surface area (Å²) in [4.78, 5) is 14.7. The number of hydrogen-bond acceptors (Lipinski definition) is 1. The number of pyridine rings is 1. The Hall–Kier alpha value is -1.84. The number of halogens is 2. The summed E-state index contributed by atoms with van der Waals surface area (Å²) < 4.78 is 0. The van der Waals surface area contributed by atoms with Gasteiger partial charge in [-0.2, -0.15) is 0 Å². The molecule has 1 amide bonds. The van der Waals surface area contributed by atoms with Gasteiger partial charge in [0.15, 0.2) is 12.4 Å². The molecule has 0 aliphatic heterocycles. The molecule has 0 fully saturated rings. The quantitative estimate of drug-likeness (QED) is 0.866. The van der Waals surface area contributed by atoms with Crippen LogP contribution >= 0.6 is 23.2 Å². The van der Waals surface area contributed by atoms with Crippen molar-refractivity contribution in [1.82, 2.24) is 5.32 Å². The molecule has 1 heterocycles. The smallest absolute Gasteiger partial charge is 0.244 e. The summed E-state index contributed by atoms with van der Waals surface area (Å²) in [6, 6.07) is 9.01. The van der Waals surface area contributed by atoms with Gasteiger partial charge in [0.05, 0.1) is 0 Å². The standard InChI is InChI=1S/C15H12Cl2N2O/c16-13-4-1-5-14(17)12(13)6-7-15(20)19-10-11-3-2-8-18-9-11/h1-9H,10H2,(H,19,20)/p+1. The lowest BCUT2D eigenvalue weighted by Crippen LogP contribution is -2.21. The highest BCUT2D eigenvalue weighted by Crippen LogP contribution is 2.25. The molecule has 0 atom stereocenters. The maximum absolute atomic E-state index is 11.7. The van der Waals surface area contributed by atoms with E-state index in [1.807, 2.05) is 24.5 Å².